The lowest BCUT2D eigenvalue weighted by molar-refractivity contribution is 0.0954. The maximum atomic E-state index is 12.1. The van der Waals surface area contributed by atoms with Crippen molar-refractivity contribution < 1.29 is 9.90 Å². The van der Waals surface area contributed by atoms with Crippen molar-refractivity contribution in [1.29, 1.82) is 0 Å². The lowest BCUT2D eigenvalue weighted by atomic mass is 10.1. The van der Waals surface area contributed by atoms with Gasteiger partial charge in [0, 0.05) is 37.6 Å². The third-order valence-electron chi connectivity index (χ3n) is 4.59. The largest absolute Gasteiger partial charge is 0.508 e. The van der Waals surface area contributed by atoms with Gasteiger partial charge in [-0.2, -0.15) is 5.10 Å². The van der Waals surface area contributed by atoms with Gasteiger partial charge in [0.05, 0.1) is 13.1 Å². The number of benzene rings is 2. The van der Waals surface area contributed by atoms with Gasteiger partial charge in [0.1, 0.15) is 5.75 Å². The number of rotatable bonds is 9. The Hall–Kier alpha value is -3.81. The number of aromatic nitrogens is 2. The minimum Gasteiger partial charge on any atom is -0.508 e. The van der Waals surface area contributed by atoms with Crippen LogP contribution in [-0.4, -0.2) is 46.4 Å². The fourth-order valence-corrected chi connectivity index (χ4v) is 3.01. The van der Waals surface area contributed by atoms with Crippen LogP contribution in [0.1, 0.15) is 28.4 Å². The van der Waals surface area contributed by atoms with Gasteiger partial charge in [0.25, 0.3) is 5.91 Å². The smallest absolute Gasteiger partial charge is 0.251 e. The molecule has 3 rings (SSSR count). The average Bonchev–Trinajstić information content (AvgIpc) is 3.29. The molecule has 1 heterocycles. The molecule has 4 N–H and O–H groups in total. The Morgan fingerprint density at radius 2 is 1.74 bits per heavy atom. The molecule has 2 aromatic carbocycles. The quantitative estimate of drug-likeness (QED) is 0.241. The first-order valence-corrected chi connectivity index (χ1v) is 10.3. The summed E-state index contributed by atoms with van der Waals surface area (Å²) in [5.41, 5.74) is 2.81. The summed E-state index contributed by atoms with van der Waals surface area (Å²) in [7, 11) is 0. The molecule has 8 nitrogen and oxygen atoms in total. The van der Waals surface area contributed by atoms with E-state index in [2.05, 4.69) is 38.2 Å². The molecule has 8 heteroatoms. The fourth-order valence-electron chi connectivity index (χ4n) is 3.01. The molecule has 162 valence electrons. The zero-order valence-electron chi connectivity index (χ0n) is 17.6. The third kappa shape index (κ3) is 6.88. The molecule has 31 heavy (non-hydrogen) atoms. The van der Waals surface area contributed by atoms with Crippen molar-refractivity contribution in [1.82, 2.24) is 25.7 Å². The van der Waals surface area contributed by atoms with Crippen LogP contribution in [0.2, 0.25) is 0 Å². The summed E-state index contributed by atoms with van der Waals surface area (Å²) in [5, 5.41) is 22.9. The Bertz CT molecular complexity index is 984. The second-order valence-corrected chi connectivity index (χ2v) is 6.90. The lowest BCUT2D eigenvalue weighted by Crippen LogP contribution is -2.41. The number of phenolic OH excluding ortho intramolecular Hbond substituents is 1. The van der Waals surface area contributed by atoms with Gasteiger partial charge in [0.2, 0.25) is 0 Å². The number of hydrogen-bond acceptors (Lipinski definition) is 4. The Morgan fingerprint density at radius 1 is 1.00 bits per heavy atom. The SMILES string of the molecule is CCNC(=NCc1ccccc1Cn1cccn1)NCCNC(=O)c1ccc(O)cc1. The van der Waals surface area contributed by atoms with Gasteiger partial charge in [-0.05, 0) is 48.4 Å². The summed E-state index contributed by atoms with van der Waals surface area (Å²) in [6, 6.07) is 16.3. The molecule has 0 unspecified atom stereocenters. The van der Waals surface area contributed by atoms with E-state index in [1.165, 1.54) is 17.7 Å². The van der Waals surface area contributed by atoms with Crippen molar-refractivity contribution in [2.24, 2.45) is 4.99 Å². The number of aliphatic imine (C=N–C) groups is 1. The molecule has 3 aromatic rings. The first-order chi connectivity index (χ1) is 15.2. The Kier molecular flexibility index (Phi) is 8.05. The van der Waals surface area contributed by atoms with E-state index in [0.29, 0.717) is 37.7 Å². The van der Waals surface area contributed by atoms with Crippen LogP contribution in [-0.2, 0) is 13.1 Å². The van der Waals surface area contributed by atoms with Crippen LogP contribution < -0.4 is 16.0 Å². The fraction of sp³-hybridized carbons (Fsp3) is 0.261. The molecule has 0 aliphatic rings. The van der Waals surface area contributed by atoms with Gasteiger partial charge in [-0.1, -0.05) is 24.3 Å². The normalized spacial score (nSPS) is 11.2. The number of nitrogens with zero attached hydrogens (tertiary/aromatic N) is 3. The van der Waals surface area contributed by atoms with Crippen molar-refractivity contribution in [2.45, 2.75) is 20.0 Å². The second kappa shape index (κ2) is 11.4. The summed E-state index contributed by atoms with van der Waals surface area (Å²) in [6.07, 6.45) is 3.71. The minimum absolute atomic E-state index is 0.135. The zero-order chi connectivity index (χ0) is 21.9. The molecule has 0 aliphatic heterocycles. The van der Waals surface area contributed by atoms with Crippen LogP contribution in [0.5, 0.6) is 5.75 Å². The highest BCUT2D eigenvalue weighted by Gasteiger charge is 2.06. The van der Waals surface area contributed by atoms with E-state index in [1.54, 1.807) is 18.3 Å². The number of hydrogen-bond donors (Lipinski definition) is 4. The minimum atomic E-state index is -0.184. The topological polar surface area (TPSA) is 104 Å². The number of guanidine groups is 1. The van der Waals surface area contributed by atoms with Crippen LogP contribution in [0.25, 0.3) is 0 Å². The average molecular weight is 421 g/mol. The van der Waals surface area contributed by atoms with Crippen molar-refractivity contribution >= 4 is 11.9 Å². The van der Waals surface area contributed by atoms with Crippen LogP contribution in [0.15, 0.2) is 72.0 Å². The van der Waals surface area contributed by atoms with Crippen LogP contribution in [0.4, 0.5) is 0 Å². The molecule has 0 saturated heterocycles. The first-order valence-electron chi connectivity index (χ1n) is 10.3. The second-order valence-electron chi connectivity index (χ2n) is 6.90. The molecular formula is C23H28N6O2. The number of carbonyl (C=O) groups is 1. The standard InChI is InChI=1S/C23H28N6O2/c1-2-24-23(26-14-13-25-22(31)18-8-10-21(30)11-9-18)27-16-19-6-3-4-7-20(19)17-29-15-5-12-28-29/h3-12,15,30H,2,13-14,16-17H2,1H3,(H,25,31)(H2,24,26,27). The van der Waals surface area contributed by atoms with E-state index < -0.39 is 0 Å². The van der Waals surface area contributed by atoms with Gasteiger partial charge in [-0.25, -0.2) is 4.99 Å². The van der Waals surface area contributed by atoms with Crippen LogP contribution in [0.3, 0.4) is 0 Å². The predicted octanol–water partition coefficient (Wildman–Crippen LogP) is 2.12. The zero-order valence-corrected chi connectivity index (χ0v) is 17.6. The van der Waals surface area contributed by atoms with Crippen molar-refractivity contribution in [3.05, 3.63) is 83.7 Å². The molecule has 0 radical (unpaired) electrons. The summed E-state index contributed by atoms with van der Waals surface area (Å²) < 4.78 is 1.89. The number of aromatic hydroxyl groups is 1. The van der Waals surface area contributed by atoms with Crippen LogP contribution >= 0.6 is 0 Å². The summed E-state index contributed by atoms with van der Waals surface area (Å²) >= 11 is 0. The highest BCUT2D eigenvalue weighted by molar-refractivity contribution is 5.94. The number of carbonyl (C=O) groups excluding carboxylic acids is 1. The molecule has 1 aromatic heterocycles. The first kappa shape index (κ1) is 21.9. The van der Waals surface area contributed by atoms with Gasteiger partial charge in [0.15, 0.2) is 5.96 Å². The number of phenols is 1. The van der Waals surface area contributed by atoms with Gasteiger partial charge in [-0.3, -0.25) is 9.48 Å². The molecule has 0 aliphatic carbocycles. The van der Waals surface area contributed by atoms with E-state index in [-0.39, 0.29) is 11.7 Å². The van der Waals surface area contributed by atoms with E-state index in [4.69, 9.17) is 0 Å². The van der Waals surface area contributed by atoms with Crippen LogP contribution in [0, 0.1) is 0 Å². The molecule has 0 spiro atoms. The Labute approximate surface area is 182 Å². The van der Waals surface area contributed by atoms with E-state index in [1.807, 2.05) is 36.0 Å². The molecule has 0 saturated carbocycles. The van der Waals surface area contributed by atoms with E-state index in [9.17, 15) is 9.90 Å². The highest BCUT2D eigenvalue weighted by Crippen LogP contribution is 2.12. The van der Waals surface area contributed by atoms with Gasteiger partial charge in [-0.15, -0.1) is 0 Å². The molecule has 0 bridgehead atoms. The highest BCUT2D eigenvalue weighted by atomic mass is 16.3. The van der Waals surface area contributed by atoms with E-state index >= 15 is 0 Å². The summed E-state index contributed by atoms with van der Waals surface area (Å²) in [4.78, 5) is 16.8. The Balaban J connectivity index is 1.52. The molecular weight excluding hydrogens is 392 g/mol. The molecule has 0 fully saturated rings. The van der Waals surface area contributed by atoms with Crippen molar-refractivity contribution in [2.75, 3.05) is 19.6 Å². The number of nitrogens with one attached hydrogen (secondary N) is 3. The summed E-state index contributed by atoms with van der Waals surface area (Å²) in [5.74, 6) is 0.641. The third-order valence-corrected chi connectivity index (χ3v) is 4.59. The van der Waals surface area contributed by atoms with Crippen molar-refractivity contribution in [3.63, 3.8) is 0 Å². The van der Waals surface area contributed by atoms with E-state index in [0.717, 1.165) is 12.1 Å². The van der Waals surface area contributed by atoms with Gasteiger partial charge < -0.3 is 21.1 Å². The maximum absolute atomic E-state index is 12.1. The lowest BCUT2D eigenvalue weighted by Gasteiger charge is -2.13. The predicted molar refractivity (Wildman–Crippen MR) is 121 cm³/mol. The maximum Gasteiger partial charge on any atom is 0.251 e. The summed E-state index contributed by atoms with van der Waals surface area (Å²) in [6.45, 7) is 4.96. The Morgan fingerprint density at radius 3 is 2.45 bits per heavy atom. The monoisotopic (exact) mass is 420 g/mol. The van der Waals surface area contributed by atoms with Crippen molar-refractivity contribution in [3.8, 4) is 5.75 Å². The molecule has 0 atom stereocenters. The number of amides is 1. The molecule has 1 amide bonds. The van der Waals surface area contributed by atoms with Gasteiger partial charge >= 0.3 is 0 Å².